The van der Waals surface area contributed by atoms with Crippen LogP contribution in [-0.2, 0) is 4.79 Å². The predicted octanol–water partition coefficient (Wildman–Crippen LogP) is 4.86. The monoisotopic (exact) mass is 356 g/mol. The quantitative estimate of drug-likeness (QED) is 0.726. The summed E-state index contributed by atoms with van der Waals surface area (Å²) in [6.07, 6.45) is 4.90. The minimum Gasteiger partial charge on any atom is -0.312 e. The molecule has 0 aliphatic carbocycles. The molecule has 1 aromatic rings. The molecule has 0 spiro atoms. The van der Waals surface area contributed by atoms with Gasteiger partial charge in [-0.05, 0) is 69.9 Å². The number of nitrogens with zero attached hydrogens (tertiary/aromatic N) is 2. The van der Waals surface area contributed by atoms with Crippen LogP contribution >= 0.6 is 23.2 Å². The van der Waals surface area contributed by atoms with Crippen LogP contribution in [-0.4, -0.2) is 37.5 Å². The maximum Gasteiger partial charge on any atom is 0.226 e. The molecular formula is C18H26Cl2N2O. The van der Waals surface area contributed by atoms with Crippen molar-refractivity contribution in [1.82, 2.24) is 4.90 Å². The molecule has 0 unspecified atom stereocenters. The Morgan fingerprint density at radius 2 is 1.96 bits per heavy atom. The van der Waals surface area contributed by atoms with Crippen LogP contribution in [0.3, 0.4) is 0 Å². The van der Waals surface area contributed by atoms with Crippen molar-refractivity contribution >= 4 is 34.8 Å². The maximum absolute atomic E-state index is 12.7. The molecule has 2 rings (SSSR count). The molecule has 128 valence electrons. The molecule has 0 N–H and O–H groups in total. The van der Waals surface area contributed by atoms with Gasteiger partial charge in [-0.3, -0.25) is 4.79 Å². The van der Waals surface area contributed by atoms with Gasteiger partial charge in [0.05, 0.1) is 10.0 Å². The standard InChI is InChI=1S/C18H26Cl2N2O/c1-3-10-22(15-5-6-16(19)17(20)13-15)18(23)7-4-14-8-11-21(2)12-9-14/h5-6,13-14H,3-4,7-12H2,1-2H3. The highest BCUT2D eigenvalue weighted by atomic mass is 35.5. The molecule has 0 atom stereocenters. The second-order valence-electron chi connectivity index (χ2n) is 6.43. The Morgan fingerprint density at radius 1 is 1.26 bits per heavy atom. The Hall–Kier alpha value is -0.770. The number of rotatable bonds is 6. The van der Waals surface area contributed by atoms with Crippen LogP contribution in [0.15, 0.2) is 18.2 Å². The molecule has 1 fully saturated rings. The summed E-state index contributed by atoms with van der Waals surface area (Å²) >= 11 is 12.1. The van der Waals surface area contributed by atoms with E-state index in [0.717, 1.165) is 31.6 Å². The Bertz CT molecular complexity index is 528. The minimum atomic E-state index is 0.184. The van der Waals surface area contributed by atoms with Gasteiger partial charge in [-0.15, -0.1) is 0 Å². The lowest BCUT2D eigenvalue weighted by molar-refractivity contribution is -0.119. The molecule has 0 aromatic heterocycles. The van der Waals surface area contributed by atoms with Crippen molar-refractivity contribution in [2.45, 2.75) is 39.0 Å². The third-order valence-electron chi connectivity index (χ3n) is 4.57. The van der Waals surface area contributed by atoms with E-state index in [1.807, 2.05) is 11.0 Å². The first kappa shape index (κ1) is 18.6. The van der Waals surface area contributed by atoms with E-state index in [-0.39, 0.29) is 5.91 Å². The number of likely N-dealkylation sites (tertiary alicyclic amines) is 1. The summed E-state index contributed by atoms with van der Waals surface area (Å²) < 4.78 is 0. The first-order valence-electron chi connectivity index (χ1n) is 8.45. The van der Waals surface area contributed by atoms with Crippen LogP contribution in [0.25, 0.3) is 0 Å². The fourth-order valence-corrected chi connectivity index (χ4v) is 3.38. The summed E-state index contributed by atoms with van der Waals surface area (Å²) in [7, 11) is 2.16. The van der Waals surface area contributed by atoms with E-state index in [1.54, 1.807) is 12.1 Å². The van der Waals surface area contributed by atoms with Crippen LogP contribution in [0, 0.1) is 5.92 Å². The highest BCUT2D eigenvalue weighted by Crippen LogP contribution is 2.28. The zero-order valence-electron chi connectivity index (χ0n) is 14.0. The maximum atomic E-state index is 12.7. The molecule has 5 heteroatoms. The molecule has 23 heavy (non-hydrogen) atoms. The summed E-state index contributed by atoms with van der Waals surface area (Å²) in [6, 6.07) is 5.41. The number of carbonyl (C=O) groups excluding carboxylic acids is 1. The molecule has 1 aliphatic heterocycles. The van der Waals surface area contributed by atoms with E-state index in [9.17, 15) is 4.79 Å². The molecule has 3 nitrogen and oxygen atoms in total. The van der Waals surface area contributed by atoms with E-state index in [4.69, 9.17) is 23.2 Å². The largest absolute Gasteiger partial charge is 0.312 e. The minimum absolute atomic E-state index is 0.184. The van der Waals surface area contributed by atoms with Crippen LogP contribution in [0.1, 0.15) is 39.0 Å². The van der Waals surface area contributed by atoms with Gasteiger partial charge in [-0.25, -0.2) is 0 Å². The normalized spacial score (nSPS) is 16.5. The Kier molecular flexibility index (Phi) is 7.19. The van der Waals surface area contributed by atoms with Gasteiger partial charge in [0.2, 0.25) is 5.91 Å². The van der Waals surface area contributed by atoms with Gasteiger partial charge in [0, 0.05) is 18.7 Å². The van der Waals surface area contributed by atoms with Gasteiger partial charge in [0.15, 0.2) is 0 Å². The third kappa shape index (κ3) is 5.37. The Balaban J connectivity index is 1.96. The molecule has 1 aromatic carbocycles. The fourth-order valence-electron chi connectivity index (χ4n) is 3.09. The predicted molar refractivity (Wildman–Crippen MR) is 98.6 cm³/mol. The SMILES string of the molecule is CCCN(C(=O)CCC1CCN(C)CC1)c1ccc(Cl)c(Cl)c1. The lowest BCUT2D eigenvalue weighted by Gasteiger charge is -2.29. The molecule has 1 amide bonds. The van der Waals surface area contributed by atoms with Gasteiger partial charge < -0.3 is 9.80 Å². The number of halogens is 2. The molecule has 1 heterocycles. The zero-order chi connectivity index (χ0) is 16.8. The smallest absolute Gasteiger partial charge is 0.226 e. The van der Waals surface area contributed by atoms with Crippen LogP contribution in [0.2, 0.25) is 10.0 Å². The number of amides is 1. The molecule has 1 saturated heterocycles. The third-order valence-corrected chi connectivity index (χ3v) is 5.31. The van der Waals surface area contributed by atoms with E-state index in [2.05, 4.69) is 18.9 Å². The highest BCUT2D eigenvalue weighted by molar-refractivity contribution is 6.42. The lowest BCUT2D eigenvalue weighted by Crippen LogP contribution is -2.33. The first-order chi connectivity index (χ1) is 11.0. The van der Waals surface area contributed by atoms with Crippen LogP contribution < -0.4 is 4.90 Å². The summed E-state index contributed by atoms with van der Waals surface area (Å²) in [6.45, 7) is 5.08. The van der Waals surface area contributed by atoms with Crippen molar-refractivity contribution in [2.24, 2.45) is 5.92 Å². The van der Waals surface area contributed by atoms with Gasteiger partial charge in [-0.1, -0.05) is 30.1 Å². The van der Waals surface area contributed by atoms with Crippen molar-refractivity contribution in [3.05, 3.63) is 28.2 Å². The highest BCUT2D eigenvalue weighted by Gasteiger charge is 2.20. The van der Waals surface area contributed by atoms with Gasteiger partial charge in [-0.2, -0.15) is 0 Å². The number of benzene rings is 1. The molecule has 1 aliphatic rings. The zero-order valence-corrected chi connectivity index (χ0v) is 15.5. The van der Waals surface area contributed by atoms with Crippen molar-refractivity contribution in [1.29, 1.82) is 0 Å². The van der Waals surface area contributed by atoms with Gasteiger partial charge >= 0.3 is 0 Å². The average molecular weight is 357 g/mol. The molecular weight excluding hydrogens is 331 g/mol. The van der Waals surface area contributed by atoms with Crippen molar-refractivity contribution in [2.75, 3.05) is 31.6 Å². The van der Waals surface area contributed by atoms with Crippen molar-refractivity contribution in [3.8, 4) is 0 Å². The number of hydrogen-bond donors (Lipinski definition) is 0. The fraction of sp³-hybridized carbons (Fsp3) is 0.611. The van der Waals surface area contributed by atoms with Crippen molar-refractivity contribution < 1.29 is 4.79 Å². The summed E-state index contributed by atoms with van der Waals surface area (Å²) in [4.78, 5) is 16.9. The second kappa shape index (κ2) is 8.91. The van der Waals surface area contributed by atoms with E-state index >= 15 is 0 Å². The van der Waals surface area contributed by atoms with E-state index in [1.165, 1.54) is 12.8 Å². The van der Waals surface area contributed by atoms with E-state index in [0.29, 0.717) is 28.9 Å². The molecule has 0 radical (unpaired) electrons. The topological polar surface area (TPSA) is 23.6 Å². The van der Waals surface area contributed by atoms with Crippen LogP contribution in [0.5, 0.6) is 0 Å². The Morgan fingerprint density at radius 3 is 2.57 bits per heavy atom. The number of anilines is 1. The number of piperidine rings is 1. The summed E-state index contributed by atoms with van der Waals surface area (Å²) in [5, 5.41) is 1.01. The Labute approximate surface area is 149 Å². The molecule has 0 saturated carbocycles. The summed E-state index contributed by atoms with van der Waals surface area (Å²) in [5.74, 6) is 0.858. The number of hydrogen-bond acceptors (Lipinski definition) is 2. The second-order valence-corrected chi connectivity index (χ2v) is 7.24. The lowest BCUT2D eigenvalue weighted by atomic mass is 9.92. The van der Waals surface area contributed by atoms with Gasteiger partial charge in [0.25, 0.3) is 0 Å². The molecule has 0 bridgehead atoms. The first-order valence-corrected chi connectivity index (χ1v) is 9.20. The van der Waals surface area contributed by atoms with Crippen LogP contribution in [0.4, 0.5) is 5.69 Å². The van der Waals surface area contributed by atoms with Gasteiger partial charge in [0.1, 0.15) is 0 Å². The van der Waals surface area contributed by atoms with Crippen molar-refractivity contribution in [3.63, 3.8) is 0 Å². The number of carbonyl (C=O) groups is 1. The van der Waals surface area contributed by atoms with E-state index < -0.39 is 0 Å². The average Bonchev–Trinajstić information content (AvgIpc) is 2.54. The summed E-state index contributed by atoms with van der Waals surface area (Å²) in [5.41, 5.74) is 0.842.